The van der Waals surface area contributed by atoms with Gasteiger partial charge in [-0.1, -0.05) is 0 Å². The van der Waals surface area contributed by atoms with Gasteiger partial charge in [0.25, 0.3) is 0 Å². The minimum atomic E-state index is -0.846. The van der Waals surface area contributed by atoms with E-state index in [9.17, 15) is 19.2 Å². The van der Waals surface area contributed by atoms with E-state index < -0.39 is 23.8 Å². The van der Waals surface area contributed by atoms with Gasteiger partial charge in [0.2, 0.25) is 17.7 Å². The summed E-state index contributed by atoms with van der Waals surface area (Å²) in [5, 5.41) is 0. The molecule has 0 spiro atoms. The van der Waals surface area contributed by atoms with Gasteiger partial charge in [0.1, 0.15) is 0 Å². The normalized spacial score (nSPS) is 17.3. The van der Waals surface area contributed by atoms with Crippen molar-refractivity contribution in [1.29, 1.82) is 0 Å². The lowest BCUT2D eigenvalue weighted by atomic mass is 10.2. The SMILES string of the molecule is CC(=O)N1CCC(=O)N(C(C)=O)C1=O. The number of nitrogens with zero attached hydrogens (tertiary/aromatic N) is 2. The number of hydrogen-bond donors (Lipinski definition) is 0. The maximum absolute atomic E-state index is 11.4. The van der Waals surface area contributed by atoms with E-state index in [0.29, 0.717) is 4.90 Å². The van der Waals surface area contributed by atoms with Crippen LogP contribution in [0, 0.1) is 0 Å². The summed E-state index contributed by atoms with van der Waals surface area (Å²) < 4.78 is 0. The highest BCUT2D eigenvalue weighted by molar-refractivity contribution is 6.14. The van der Waals surface area contributed by atoms with Gasteiger partial charge in [0.15, 0.2) is 0 Å². The van der Waals surface area contributed by atoms with Crippen LogP contribution in [-0.2, 0) is 14.4 Å². The lowest BCUT2D eigenvalue weighted by Gasteiger charge is -2.29. The van der Waals surface area contributed by atoms with Crippen molar-refractivity contribution >= 4 is 23.8 Å². The Bertz CT molecular complexity index is 323. The number of amides is 5. The summed E-state index contributed by atoms with van der Waals surface area (Å²) in [6.45, 7) is 2.38. The van der Waals surface area contributed by atoms with E-state index in [1.54, 1.807) is 0 Å². The van der Waals surface area contributed by atoms with E-state index >= 15 is 0 Å². The van der Waals surface area contributed by atoms with Crippen LogP contribution in [0.25, 0.3) is 0 Å². The summed E-state index contributed by atoms with van der Waals surface area (Å²) in [5.41, 5.74) is 0. The number of carbonyl (C=O) groups is 4. The van der Waals surface area contributed by atoms with E-state index in [4.69, 9.17) is 0 Å². The molecule has 0 N–H and O–H groups in total. The Balaban J connectivity index is 2.94. The molecule has 0 aliphatic carbocycles. The second kappa shape index (κ2) is 3.57. The first kappa shape index (κ1) is 10.4. The van der Waals surface area contributed by atoms with Gasteiger partial charge >= 0.3 is 6.03 Å². The molecular formula is C8H10N2O4. The molecule has 1 aliphatic rings. The van der Waals surface area contributed by atoms with Gasteiger partial charge in [-0.2, -0.15) is 4.90 Å². The fourth-order valence-corrected chi connectivity index (χ4v) is 1.24. The Kier molecular flexibility index (Phi) is 2.64. The van der Waals surface area contributed by atoms with E-state index in [1.165, 1.54) is 6.92 Å². The summed E-state index contributed by atoms with van der Waals surface area (Å²) in [5.74, 6) is -1.68. The van der Waals surface area contributed by atoms with Crippen molar-refractivity contribution in [1.82, 2.24) is 9.80 Å². The van der Waals surface area contributed by atoms with Gasteiger partial charge in [0.05, 0.1) is 0 Å². The summed E-state index contributed by atoms with van der Waals surface area (Å²) in [6.07, 6.45) is 0.00486. The van der Waals surface area contributed by atoms with Crippen molar-refractivity contribution in [3.63, 3.8) is 0 Å². The van der Waals surface area contributed by atoms with E-state index in [-0.39, 0.29) is 13.0 Å². The van der Waals surface area contributed by atoms with Crippen molar-refractivity contribution in [3.8, 4) is 0 Å². The predicted octanol–water partition coefficient (Wildman–Crippen LogP) is -0.266. The molecule has 5 amide bonds. The second-order valence-electron chi connectivity index (χ2n) is 2.95. The number of imide groups is 4. The maximum Gasteiger partial charge on any atom is 0.340 e. The first-order valence-electron chi connectivity index (χ1n) is 4.10. The molecule has 14 heavy (non-hydrogen) atoms. The zero-order valence-electron chi connectivity index (χ0n) is 7.94. The average molecular weight is 198 g/mol. The molecule has 0 radical (unpaired) electrons. The van der Waals surface area contributed by atoms with Crippen molar-refractivity contribution < 1.29 is 19.2 Å². The summed E-state index contributed by atoms with van der Waals surface area (Å²) in [6, 6.07) is -0.846. The smallest absolute Gasteiger partial charge is 0.275 e. The van der Waals surface area contributed by atoms with Gasteiger partial charge < -0.3 is 0 Å². The third-order valence-corrected chi connectivity index (χ3v) is 1.92. The first-order chi connectivity index (χ1) is 6.45. The van der Waals surface area contributed by atoms with Crippen molar-refractivity contribution in [2.24, 2.45) is 0 Å². The molecule has 0 aromatic heterocycles. The highest BCUT2D eigenvalue weighted by Crippen LogP contribution is 2.10. The van der Waals surface area contributed by atoms with Crippen LogP contribution < -0.4 is 0 Å². The Morgan fingerprint density at radius 3 is 2.14 bits per heavy atom. The third kappa shape index (κ3) is 1.63. The average Bonchev–Trinajstić information content (AvgIpc) is 2.02. The molecule has 1 aliphatic heterocycles. The largest absolute Gasteiger partial charge is 0.340 e. The van der Waals surface area contributed by atoms with Gasteiger partial charge in [-0.3, -0.25) is 19.3 Å². The Morgan fingerprint density at radius 1 is 1.14 bits per heavy atom. The van der Waals surface area contributed by atoms with E-state index in [1.807, 2.05) is 0 Å². The van der Waals surface area contributed by atoms with Crippen LogP contribution in [0.4, 0.5) is 4.79 Å². The van der Waals surface area contributed by atoms with Gasteiger partial charge in [-0.15, -0.1) is 0 Å². The fraction of sp³-hybridized carbons (Fsp3) is 0.500. The lowest BCUT2D eigenvalue weighted by Crippen LogP contribution is -2.55. The molecule has 1 heterocycles. The molecule has 0 unspecified atom stereocenters. The number of rotatable bonds is 0. The standard InChI is InChI=1S/C8H10N2O4/c1-5(11)9-4-3-7(13)10(6(2)12)8(9)14/h3-4H2,1-2H3. The number of urea groups is 1. The number of hydrogen-bond acceptors (Lipinski definition) is 4. The Labute approximate surface area is 80.5 Å². The Hall–Kier alpha value is -1.72. The minimum Gasteiger partial charge on any atom is -0.275 e. The lowest BCUT2D eigenvalue weighted by molar-refractivity contribution is -0.143. The van der Waals surface area contributed by atoms with Gasteiger partial charge in [-0.25, -0.2) is 4.79 Å². The highest BCUT2D eigenvalue weighted by atomic mass is 16.2. The van der Waals surface area contributed by atoms with Crippen LogP contribution in [-0.4, -0.2) is 40.1 Å². The van der Waals surface area contributed by atoms with E-state index in [2.05, 4.69) is 0 Å². The fourth-order valence-electron chi connectivity index (χ4n) is 1.24. The number of carbonyl (C=O) groups excluding carboxylic acids is 4. The molecule has 1 saturated heterocycles. The van der Waals surface area contributed by atoms with Crippen LogP contribution in [0.3, 0.4) is 0 Å². The predicted molar refractivity (Wildman–Crippen MR) is 44.9 cm³/mol. The summed E-state index contributed by atoms with van der Waals surface area (Å²) in [4.78, 5) is 45.8. The molecule has 0 aromatic rings. The second-order valence-corrected chi connectivity index (χ2v) is 2.95. The van der Waals surface area contributed by atoms with Crippen molar-refractivity contribution in [2.45, 2.75) is 20.3 Å². The van der Waals surface area contributed by atoms with Crippen LogP contribution >= 0.6 is 0 Å². The molecule has 0 saturated carbocycles. The molecule has 1 rings (SSSR count). The van der Waals surface area contributed by atoms with Crippen molar-refractivity contribution in [2.75, 3.05) is 6.54 Å². The molecule has 1 fully saturated rings. The molecule has 0 bridgehead atoms. The molecular weight excluding hydrogens is 188 g/mol. The molecule has 76 valence electrons. The van der Waals surface area contributed by atoms with Gasteiger partial charge in [0, 0.05) is 26.8 Å². The van der Waals surface area contributed by atoms with Crippen LogP contribution in [0.5, 0.6) is 0 Å². The molecule has 6 heteroatoms. The molecule has 0 atom stereocenters. The Morgan fingerprint density at radius 2 is 1.71 bits per heavy atom. The van der Waals surface area contributed by atoms with Crippen LogP contribution in [0.1, 0.15) is 20.3 Å². The third-order valence-electron chi connectivity index (χ3n) is 1.92. The topological polar surface area (TPSA) is 74.8 Å². The molecule has 0 aromatic carbocycles. The zero-order valence-corrected chi connectivity index (χ0v) is 7.94. The van der Waals surface area contributed by atoms with Crippen molar-refractivity contribution in [3.05, 3.63) is 0 Å². The first-order valence-corrected chi connectivity index (χ1v) is 4.10. The monoisotopic (exact) mass is 198 g/mol. The van der Waals surface area contributed by atoms with E-state index in [0.717, 1.165) is 11.8 Å². The quantitative estimate of drug-likeness (QED) is 0.537. The zero-order chi connectivity index (χ0) is 10.9. The maximum atomic E-state index is 11.4. The highest BCUT2D eigenvalue weighted by Gasteiger charge is 2.36. The van der Waals surface area contributed by atoms with Crippen LogP contribution in [0.15, 0.2) is 0 Å². The minimum absolute atomic E-state index is 0.00486. The molecule has 6 nitrogen and oxygen atoms in total. The summed E-state index contributed by atoms with van der Waals surface area (Å²) in [7, 11) is 0. The summed E-state index contributed by atoms with van der Waals surface area (Å²) >= 11 is 0. The van der Waals surface area contributed by atoms with Crippen LogP contribution in [0.2, 0.25) is 0 Å². The van der Waals surface area contributed by atoms with Gasteiger partial charge in [-0.05, 0) is 0 Å².